The van der Waals surface area contributed by atoms with Crippen molar-refractivity contribution in [1.29, 1.82) is 0 Å². The fourth-order valence-electron chi connectivity index (χ4n) is 2.72. The molecule has 148 valence electrons. The Labute approximate surface area is 170 Å². The molecule has 0 spiro atoms. The minimum atomic E-state index is -3.82. The third kappa shape index (κ3) is 4.52. The fraction of sp³-hybridized carbons (Fsp3) is 0.200. The van der Waals surface area contributed by atoms with Crippen molar-refractivity contribution in [2.24, 2.45) is 0 Å². The van der Waals surface area contributed by atoms with Crippen molar-refractivity contribution >= 4 is 31.2 Å². The van der Waals surface area contributed by atoms with Crippen LogP contribution in [0.15, 0.2) is 75.8 Å². The van der Waals surface area contributed by atoms with E-state index >= 15 is 0 Å². The van der Waals surface area contributed by atoms with Crippen molar-refractivity contribution < 1.29 is 16.8 Å². The van der Waals surface area contributed by atoms with E-state index in [1.165, 1.54) is 23.5 Å². The van der Waals surface area contributed by atoms with Crippen molar-refractivity contribution in [3.8, 4) is 0 Å². The van der Waals surface area contributed by atoms with Gasteiger partial charge in [-0.2, -0.15) is 0 Å². The summed E-state index contributed by atoms with van der Waals surface area (Å²) < 4.78 is 54.1. The van der Waals surface area contributed by atoms with Crippen LogP contribution in [-0.2, 0) is 19.9 Å². The van der Waals surface area contributed by atoms with E-state index in [0.717, 1.165) is 11.1 Å². The second-order valence-electron chi connectivity index (χ2n) is 6.53. The van der Waals surface area contributed by atoms with E-state index in [2.05, 4.69) is 4.72 Å². The zero-order valence-corrected chi connectivity index (χ0v) is 17.9. The Morgan fingerprint density at radius 3 is 1.86 bits per heavy atom. The van der Waals surface area contributed by atoms with Gasteiger partial charge in [-0.25, -0.2) is 21.6 Å². The first kappa shape index (κ1) is 20.7. The highest BCUT2D eigenvalue weighted by Gasteiger charge is 2.31. The fourth-order valence-corrected chi connectivity index (χ4v) is 6.65. The molecular formula is C20H21NO4S3. The summed E-state index contributed by atoms with van der Waals surface area (Å²) >= 11 is 1.29. The summed E-state index contributed by atoms with van der Waals surface area (Å²) in [5.74, 6) is 0. The lowest BCUT2D eigenvalue weighted by Gasteiger charge is -2.18. The van der Waals surface area contributed by atoms with Gasteiger partial charge >= 0.3 is 0 Å². The molecule has 1 heterocycles. The van der Waals surface area contributed by atoms with E-state index in [-0.39, 0.29) is 16.3 Å². The van der Waals surface area contributed by atoms with Gasteiger partial charge in [-0.3, -0.25) is 0 Å². The highest BCUT2D eigenvalue weighted by Crippen LogP contribution is 2.32. The smallest absolute Gasteiger partial charge is 0.223 e. The minimum absolute atomic E-state index is 0.107. The molecule has 0 saturated carbocycles. The molecule has 5 nitrogen and oxygen atoms in total. The predicted octanol–water partition coefficient (Wildman–Crippen LogP) is 3.86. The summed E-state index contributed by atoms with van der Waals surface area (Å²) in [4.78, 5) is 0.869. The molecule has 0 amide bonds. The van der Waals surface area contributed by atoms with Gasteiger partial charge in [0.2, 0.25) is 10.0 Å². The van der Waals surface area contributed by atoms with Crippen LogP contribution < -0.4 is 4.72 Å². The predicted molar refractivity (Wildman–Crippen MR) is 112 cm³/mol. The Balaban J connectivity index is 1.91. The van der Waals surface area contributed by atoms with Gasteiger partial charge in [0.05, 0.1) is 9.79 Å². The van der Waals surface area contributed by atoms with Gasteiger partial charge in [-0.1, -0.05) is 41.5 Å². The number of sulfone groups is 1. The van der Waals surface area contributed by atoms with Gasteiger partial charge in [0, 0.05) is 11.4 Å². The molecule has 8 heteroatoms. The Kier molecular flexibility index (Phi) is 6.04. The molecule has 1 N–H and O–H groups in total. The largest absolute Gasteiger partial charge is 0.240 e. The van der Waals surface area contributed by atoms with Gasteiger partial charge in [0.15, 0.2) is 9.84 Å². The molecule has 1 atom stereocenters. The average Bonchev–Trinajstić information content (AvgIpc) is 3.16. The summed E-state index contributed by atoms with van der Waals surface area (Å²) in [7, 11) is -7.59. The van der Waals surface area contributed by atoms with E-state index in [9.17, 15) is 16.8 Å². The molecule has 3 aromatic rings. The topological polar surface area (TPSA) is 80.3 Å². The normalized spacial score (nSPS) is 13.4. The maximum Gasteiger partial charge on any atom is 0.240 e. The molecule has 2 aromatic carbocycles. The SMILES string of the molecule is Cc1ccc(S(=O)(=O)NC[C@@H](c2cccs2)S(=O)(=O)c2ccc(C)cc2)cc1. The maximum atomic E-state index is 13.2. The van der Waals surface area contributed by atoms with Crippen LogP contribution >= 0.6 is 11.3 Å². The molecule has 1 aromatic heterocycles. The van der Waals surface area contributed by atoms with Crippen LogP contribution in [-0.4, -0.2) is 23.4 Å². The number of benzene rings is 2. The van der Waals surface area contributed by atoms with E-state index in [4.69, 9.17) is 0 Å². The summed E-state index contributed by atoms with van der Waals surface area (Å²) in [5.41, 5.74) is 1.89. The zero-order valence-electron chi connectivity index (χ0n) is 15.5. The minimum Gasteiger partial charge on any atom is -0.223 e. The second-order valence-corrected chi connectivity index (χ2v) is 11.4. The van der Waals surface area contributed by atoms with Crippen LogP contribution in [0.5, 0.6) is 0 Å². The average molecular weight is 436 g/mol. The number of hydrogen-bond acceptors (Lipinski definition) is 5. The van der Waals surface area contributed by atoms with E-state index < -0.39 is 25.1 Å². The highest BCUT2D eigenvalue weighted by molar-refractivity contribution is 7.92. The summed E-state index contributed by atoms with van der Waals surface area (Å²) in [6, 6.07) is 16.5. The first-order valence-electron chi connectivity index (χ1n) is 8.60. The highest BCUT2D eigenvalue weighted by atomic mass is 32.2. The lowest BCUT2D eigenvalue weighted by Crippen LogP contribution is -2.31. The van der Waals surface area contributed by atoms with Crippen molar-refractivity contribution in [3.63, 3.8) is 0 Å². The van der Waals surface area contributed by atoms with Crippen molar-refractivity contribution in [1.82, 2.24) is 4.72 Å². The van der Waals surface area contributed by atoms with E-state index in [1.807, 2.05) is 13.8 Å². The molecule has 0 unspecified atom stereocenters. The summed E-state index contributed by atoms with van der Waals surface area (Å²) in [5, 5.41) is 0.775. The van der Waals surface area contributed by atoms with Crippen LogP contribution in [0.4, 0.5) is 0 Å². The van der Waals surface area contributed by atoms with Crippen molar-refractivity contribution in [3.05, 3.63) is 82.0 Å². The van der Waals surface area contributed by atoms with E-state index in [1.54, 1.807) is 53.9 Å². The van der Waals surface area contributed by atoms with Crippen LogP contribution in [0.25, 0.3) is 0 Å². The van der Waals surface area contributed by atoms with Gasteiger partial charge in [-0.05, 0) is 49.6 Å². The summed E-state index contributed by atoms with van der Waals surface area (Å²) in [6.45, 7) is 3.50. The number of sulfonamides is 1. The standard InChI is InChI=1S/C20H21NO4S3/c1-15-5-9-17(10-6-15)27(22,23)20(19-4-3-13-26-19)14-21-28(24,25)18-11-7-16(2)8-12-18/h3-13,20-21H,14H2,1-2H3/t20-/m0/s1. The number of rotatable bonds is 7. The van der Waals surface area contributed by atoms with Crippen molar-refractivity contribution in [2.45, 2.75) is 28.9 Å². The maximum absolute atomic E-state index is 13.2. The van der Waals surface area contributed by atoms with Crippen LogP contribution in [0.3, 0.4) is 0 Å². The summed E-state index contributed by atoms with van der Waals surface area (Å²) in [6.07, 6.45) is 0. The zero-order chi connectivity index (χ0) is 20.4. The van der Waals surface area contributed by atoms with Crippen LogP contribution in [0.1, 0.15) is 21.3 Å². The number of aryl methyl sites for hydroxylation is 2. The van der Waals surface area contributed by atoms with Crippen LogP contribution in [0.2, 0.25) is 0 Å². The molecule has 0 fully saturated rings. The Bertz CT molecular complexity index is 1130. The third-order valence-electron chi connectivity index (χ3n) is 4.37. The Morgan fingerprint density at radius 2 is 1.36 bits per heavy atom. The lowest BCUT2D eigenvalue weighted by atomic mass is 10.2. The Morgan fingerprint density at radius 1 is 0.821 bits per heavy atom. The first-order chi connectivity index (χ1) is 13.2. The molecule has 3 rings (SSSR count). The van der Waals surface area contributed by atoms with Gasteiger partial charge in [-0.15, -0.1) is 11.3 Å². The molecule has 0 radical (unpaired) electrons. The molecule has 0 aliphatic carbocycles. The quantitative estimate of drug-likeness (QED) is 0.611. The molecule has 0 saturated heterocycles. The molecule has 0 aliphatic heterocycles. The molecule has 0 aliphatic rings. The Hall–Kier alpha value is -2.00. The molecular weight excluding hydrogens is 414 g/mol. The number of hydrogen-bond donors (Lipinski definition) is 1. The molecule has 0 bridgehead atoms. The van der Waals surface area contributed by atoms with Gasteiger partial charge in [0.25, 0.3) is 0 Å². The third-order valence-corrected chi connectivity index (χ3v) is 9.05. The van der Waals surface area contributed by atoms with Crippen LogP contribution in [0, 0.1) is 13.8 Å². The lowest BCUT2D eigenvalue weighted by molar-refractivity contribution is 0.569. The van der Waals surface area contributed by atoms with E-state index in [0.29, 0.717) is 4.88 Å². The second kappa shape index (κ2) is 8.16. The van der Waals surface area contributed by atoms with Crippen molar-refractivity contribution in [2.75, 3.05) is 6.54 Å². The monoisotopic (exact) mass is 435 g/mol. The number of thiophene rings is 1. The molecule has 28 heavy (non-hydrogen) atoms. The number of nitrogens with one attached hydrogen (secondary N) is 1. The first-order valence-corrected chi connectivity index (χ1v) is 12.5. The van der Waals surface area contributed by atoms with Gasteiger partial charge in [0.1, 0.15) is 5.25 Å². The van der Waals surface area contributed by atoms with Gasteiger partial charge < -0.3 is 0 Å².